The fraction of sp³-hybridized carbons (Fsp3) is 0.304. The van der Waals surface area contributed by atoms with E-state index in [2.05, 4.69) is 4.98 Å². The Kier molecular flexibility index (Phi) is 5.24. The normalized spacial score (nSPS) is 16.5. The number of aryl methyl sites for hydroxylation is 2. The van der Waals surface area contributed by atoms with Crippen molar-refractivity contribution in [1.29, 1.82) is 0 Å². The highest BCUT2D eigenvalue weighted by Gasteiger charge is 2.27. The smallest absolute Gasteiger partial charge is 0.223 e. The van der Waals surface area contributed by atoms with E-state index in [1.165, 1.54) is 6.07 Å². The molecule has 0 N–H and O–H groups in total. The van der Waals surface area contributed by atoms with E-state index in [1.807, 2.05) is 41.3 Å². The molecule has 1 atom stereocenters. The zero-order valence-corrected chi connectivity index (χ0v) is 15.9. The molecule has 4 rings (SSSR count). The first kappa shape index (κ1) is 18.4. The van der Waals surface area contributed by atoms with E-state index in [4.69, 9.17) is 4.74 Å². The van der Waals surface area contributed by atoms with Gasteiger partial charge < -0.3 is 9.64 Å². The molecule has 4 nitrogen and oxygen atoms in total. The molecule has 0 bridgehead atoms. The molecule has 1 fully saturated rings. The number of aromatic nitrogens is 1. The summed E-state index contributed by atoms with van der Waals surface area (Å²) in [6.07, 6.45) is 3.59. The molecule has 1 saturated heterocycles. The third kappa shape index (κ3) is 3.98. The lowest BCUT2D eigenvalue weighted by Gasteiger charge is -2.18. The largest absolute Gasteiger partial charge is 0.486 e. The van der Waals surface area contributed by atoms with Gasteiger partial charge in [-0.15, -0.1) is 0 Å². The monoisotopic (exact) mass is 378 g/mol. The Hall–Kier alpha value is -2.95. The molecule has 0 saturated carbocycles. The molecular weight excluding hydrogens is 355 g/mol. The number of fused-ring (bicyclic) bond motifs is 1. The van der Waals surface area contributed by atoms with Crippen molar-refractivity contribution in [1.82, 2.24) is 9.88 Å². The van der Waals surface area contributed by atoms with Gasteiger partial charge in [0.2, 0.25) is 5.91 Å². The number of ether oxygens (including phenoxy) is 1. The number of rotatable bonds is 5. The molecular formula is C23H23FN2O2. The molecule has 2 aromatic carbocycles. The third-order valence-corrected chi connectivity index (χ3v) is 5.24. The first-order valence-electron chi connectivity index (χ1n) is 9.63. The fourth-order valence-electron chi connectivity index (χ4n) is 3.67. The summed E-state index contributed by atoms with van der Waals surface area (Å²) in [5.74, 6) is 0.667. The van der Waals surface area contributed by atoms with Gasteiger partial charge in [-0.1, -0.05) is 30.3 Å². The van der Waals surface area contributed by atoms with Crippen LogP contribution in [0.4, 0.5) is 4.39 Å². The minimum atomic E-state index is -0.211. The van der Waals surface area contributed by atoms with Gasteiger partial charge in [-0.2, -0.15) is 0 Å². The van der Waals surface area contributed by atoms with E-state index in [9.17, 15) is 9.18 Å². The molecule has 3 aromatic rings. The number of hydrogen-bond acceptors (Lipinski definition) is 3. The Balaban J connectivity index is 1.34. The van der Waals surface area contributed by atoms with E-state index in [-0.39, 0.29) is 17.8 Å². The number of benzene rings is 2. The first-order valence-corrected chi connectivity index (χ1v) is 9.63. The van der Waals surface area contributed by atoms with E-state index in [1.54, 1.807) is 19.2 Å². The van der Waals surface area contributed by atoms with E-state index in [0.717, 1.165) is 28.6 Å². The zero-order chi connectivity index (χ0) is 19.5. The van der Waals surface area contributed by atoms with Crippen LogP contribution in [-0.4, -0.2) is 35.0 Å². The van der Waals surface area contributed by atoms with Crippen LogP contribution in [0.1, 0.15) is 24.0 Å². The van der Waals surface area contributed by atoms with Crippen LogP contribution in [0.2, 0.25) is 0 Å². The highest BCUT2D eigenvalue weighted by molar-refractivity contribution is 5.84. The Morgan fingerprint density at radius 3 is 2.96 bits per heavy atom. The second-order valence-corrected chi connectivity index (χ2v) is 7.28. The van der Waals surface area contributed by atoms with Gasteiger partial charge >= 0.3 is 0 Å². The van der Waals surface area contributed by atoms with Gasteiger partial charge in [-0.3, -0.25) is 9.78 Å². The molecule has 144 valence electrons. The van der Waals surface area contributed by atoms with Crippen molar-refractivity contribution in [2.75, 3.05) is 13.1 Å². The van der Waals surface area contributed by atoms with Crippen molar-refractivity contribution in [2.45, 2.75) is 32.3 Å². The van der Waals surface area contributed by atoms with Crippen LogP contribution in [0.3, 0.4) is 0 Å². The number of amides is 1. The van der Waals surface area contributed by atoms with E-state index >= 15 is 0 Å². The standard InChI is InChI=1S/C23H23FN2O2/c1-16-14-17(7-9-20(16)24)8-10-22(27)26-13-11-19(15-26)28-21-6-2-4-18-5-3-12-25-23(18)21/h2-7,9,12,14,19H,8,10-11,13,15H2,1H3. The number of carbonyl (C=O) groups is 1. The van der Waals surface area contributed by atoms with Crippen molar-refractivity contribution in [3.8, 4) is 5.75 Å². The van der Waals surface area contributed by atoms with Crippen LogP contribution in [0.25, 0.3) is 10.9 Å². The summed E-state index contributed by atoms with van der Waals surface area (Å²) in [7, 11) is 0. The molecule has 1 unspecified atom stereocenters. The molecule has 5 heteroatoms. The average Bonchev–Trinajstić information content (AvgIpc) is 3.18. The number of carbonyl (C=O) groups excluding carboxylic acids is 1. The van der Waals surface area contributed by atoms with Crippen LogP contribution in [0, 0.1) is 12.7 Å². The van der Waals surface area contributed by atoms with E-state index < -0.39 is 0 Å². The number of nitrogens with zero attached hydrogens (tertiary/aromatic N) is 2. The Bertz CT molecular complexity index is 1000. The van der Waals surface area contributed by atoms with Crippen LogP contribution >= 0.6 is 0 Å². The predicted molar refractivity (Wildman–Crippen MR) is 107 cm³/mol. The Morgan fingerprint density at radius 1 is 1.25 bits per heavy atom. The second-order valence-electron chi connectivity index (χ2n) is 7.28. The molecule has 0 spiro atoms. The topological polar surface area (TPSA) is 42.4 Å². The maximum atomic E-state index is 13.4. The van der Waals surface area contributed by atoms with Crippen LogP contribution < -0.4 is 4.74 Å². The van der Waals surface area contributed by atoms with Gasteiger partial charge in [0.15, 0.2) is 0 Å². The van der Waals surface area contributed by atoms with Crippen molar-refractivity contribution in [3.63, 3.8) is 0 Å². The number of pyridine rings is 1. The summed E-state index contributed by atoms with van der Waals surface area (Å²) < 4.78 is 19.5. The Morgan fingerprint density at radius 2 is 2.11 bits per heavy atom. The van der Waals surface area contributed by atoms with Gasteiger partial charge in [0.25, 0.3) is 0 Å². The summed E-state index contributed by atoms with van der Waals surface area (Å²) >= 11 is 0. The molecule has 0 aliphatic carbocycles. The first-order chi connectivity index (χ1) is 13.6. The lowest BCUT2D eigenvalue weighted by Crippen LogP contribution is -2.31. The molecule has 2 heterocycles. The lowest BCUT2D eigenvalue weighted by molar-refractivity contribution is -0.130. The Labute approximate surface area is 164 Å². The lowest BCUT2D eigenvalue weighted by atomic mass is 10.1. The number of para-hydroxylation sites is 1. The van der Waals surface area contributed by atoms with Gasteiger partial charge in [0.1, 0.15) is 23.2 Å². The van der Waals surface area contributed by atoms with Crippen molar-refractivity contribution in [3.05, 3.63) is 71.7 Å². The number of likely N-dealkylation sites (tertiary alicyclic amines) is 1. The minimum absolute atomic E-state index is 0.0235. The fourth-order valence-corrected chi connectivity index (χ4v) is 3.67. The summed E-state index contributed by atoms with van der Waals surface area (Å²) in [6, 6.07) is 14.8. The van der Waals surface area contributed by atoms with Crippen LogP contribution in [-0.2, 0) is 11.2 Å². The highest BCUT2D eigenvalue weighted by atomic mass is 19.1. The summed E-state index contributed by atoms with van der Waals surface area (Å²) in [5, 5.41) is 1.04. The van der Waals surface area contributed by atoms with Gasteiger partial charge in [-0.25, -0.2) is 4.39 Å². The van der Waals surface area contributed by atoms with E-state index in [0.29, 0.717) is 31.5 Å². The second kappa shape index (κ2) is 7.97. The molecule has 28 heavy (non-hydrogen) atoms. The van der Waals surface area contributed by atoms with Crippen molar-refractivity contribution < 1.29 is 13.9 Å². The molecule has 1 aliphatic rings. The molecule has 0 radical (unpaired) electrons. The van der Waals surface area contributed by atoms with Crippen LogP contribution in [0.15, 0.2) is 54.7 Å². The minimum Gasteiger partial charge on any atom is -0.486 e. The van der Waals surface area contributed by atoms with Crippen LogP contribution in [0.5, 0.6) is 5.75 Å². The molecule has 1 aromatic heterocycles. The number of halogens is 1. The maximum Gasteiger partial charge on any atom is 0.223 e. The highest BCUT2D eigenvalue weighted by Crippen LogP contribution is 2.26. The summed E-state index contributed by atoms with van der Waals surface area (Å²) in [6.45, 7) is 3.03. The summed E-state index contributed by atoms with van der Waals surface area (Å²) in [4.78, 5) is 18.8. The van der Waals surface area contributed by atoms with Crippen molar-refractivity contribution >= 4 is 16.8 Å². The van der Waals surface area contributed by atoms with Gasteiger partial charge in [0.05, 0.1) is 6.54 Å². The predicted octanol–water partition coefficient (Wildman–Crippen LogP) is 4.29. The van der Waals surface area contributed by atoms with Gasteiger partial charge in [-0.05, 0) is 42.7 Å². The zero-order valence-electron chi connectivity index (χ0n) is 15.9. The molecule has 1 amide bonds. The quantitative estimate of drug-likeness (QED) is 0.665. The molecule has 1 aliphatic heterocycles. The number of hydrogen-bond donors (Lipinski definition) is 0. The average molecular weight is 378 g/mol. The third-order valence-electron chi connectivity index (χ3n) is 5.24. The maximum absolute atomic E-state index is 13.4. The summed E-state index contributed by atoms with van der Waals surface area (Å²) in [5.41, 5.74) is 2.45. The van der Waals surface area contributed by atoms with Gasteiger partial charge in [0, 0.05) is 31.0 Å². The SMILES string of the molecule is Cc1cc(CCC(=O)N2CCC(Oc3cccc4cccnc34)C2)ccc1F. The van der Waals surface area contributed by atoms with Crippen molar-refractivity contribution in [2.24, 2.45) is 0 Å².